The third kappa shape index (κ3) is 3.99. The van der Waals surface area contributed by atoms with Crippen molar-refractivity contribution in [3.8, 4) is 11.4 Å². The normalized spacial score (nSPS) is 17.4. The molecular weight excluding hydrogens is 403 g/mol. The van der Waals surface area contributed by atoms with Crippen LogP contribution in [0.1, 0.15) is 38.2 Å². The minimum atomic E-state index is -1.25. The van der Waals surface area contributed by atoms with Crippen molar-refractivity contribution in [2.75, 3.05) is 41.4 Å². The predicted molar refractivity (Wildman–Crippen MR) is 127 cm³/mol. The van der Waals surface area contributed by atoms with E-state index >= 15 is 4.39 Å². The summed E-state index contributed by atoms with van der Waals surface area (Å²) in [6.07, 6.45) is 6.41. The van der Waals surface area contributed by atoms with Gasteiger partial charge in [-0.1, -0.05) is 38.1 Å². The second kappa shape index (κ2) is 8.37. The number of piperidine rings is 1. The molecule has 2 aromatic heterocycles. The lowest BCUT2D eigenvalue weighted by molar-refractivity contribution is 0.132. The molecule has 1 aromatic carbocycles. The van der Waals surface area contributed by atoms with E-state index in [4.69, 9.17) is 4.98 Å². The number of hydrogen-bond acceptors (Lipinski definition) is 6. The zero-order valence-corrected chi connectivity index (χ0v) is 18.6. The highest BCUT2D eigenvalue weighted by molar-refractivity contribution is 5.73. The summed E-state index contributed by atoms with van der Waals surface area (Å²) in [4.78, 5) is 17.9. The number of aromatic nitrogens is 3. The quantitative estimate of drug-likeness (QED) is 0.621. The first kappa shape index (κ1) is 20.7. The smallest absolute Gasteiger partial charge is 0.161 e. The summed E-state index contributed by atoms with van der Waals surface area (Å²) in [6, 6.07) is 12.2. The number of rotatable bonds is 5. The number of alkyl halides is 1. The van der Waals surface area contributed by atoms with Crippen molar-refractivity contribution in [2.24, 2.45) is 0 Å². The number of benzene rings is 1. The van der Waals surface area contributed by atoms with Crippen LogP contribution in [0.4, 0.5) is 21.6 Å². The van der Waals surface area contributed by atoms with Crippen molar-refractivity contribution in [2.45, 2.75) is 38.3 Å². The molecule has 6 nitrogen and oxygen atoms in total. The number of anilines is 3. The number of nitrogens with one attached hydrogen (secondary N) is 1. The molecule has 1 fully saturated rings. The van der Waals surface area contributed by atoms with Crippen molar-refractivity contribution in [3.05, 3.63) is 60.6 Å². The van der Waals surface area contributed by atoms with Gasteiger partial charge in [0.25, 0.3) is 0 Å². The molecule has 0 unspecified atom stereocenters. The van der Waals surface area contributed by atoms with Crippen LogP contribution >= 0.6 is 0 Å². The zero-order chi connectivity index (χ0) is 22.1. The van der Waals surface area contributed by atoms with Crippen molar-refractivity contribution >= 4 is 17.2 Å². The molecule has 0 amide bonds. The monoisotopic (exact) mass is 432 g/mol. The van der Waals surface area contributed by atoms with Gasteiger partial charge in [-0.25, -0.2) is 14.4 Å². The van der Waals surface area contributed by atoms with Crippen LogP contribution in [0, 0.1) is 0 Å². The highest BCUT2D eigenvalue weighted by Gasteiger charge is 2.38. The van der Waals surface area contributed by atoms with E-state index < -0.39 is 5.67 Å². The molecule has 0 radical (unpaired) electrons. The van der Waals surface area contributed by atoms with Crippen LogP contribution in [0.15, 0.2) is 55.0 Å². The van der Waals surface area contributed by atoms with Crippen LogP contribution in [0.2, 0.25) is 0 Å². The number of hydrogen-bond donors (Lipinski definition) is 1. The zero-order valence-electron chi connectivity index (χ0n) is 18.6. The van der Waals surface area contributed by atoms with Gasteiger partial charge in [-0.15, -0.1) is 0 Å². The maximum Gasteiger partial charge on any atom is 0.161 e. The van der Waals surface area contributed by atoms with Gasteiger partial charge in [-0.2, -0.15) is 0 Å². The van der Waals surface area contributed by atoms with E-state index in [0.717, 1.165) is 22.8 Å². The number of nitrogens with zero attached hydrogens (tertiary/aromatic N) is 5. The van der Waals surface area contributed by atoms with Crippen molar-refractivity contribution < 1.29 is 4.39 Å². The molecule has 0 saturated carbocycles. The van der Waals surface area contributed by atoms with Crippen molar-refractivity contribution in [1.29, 1.82) is 0 Å². The Morgan fingerprint density at radius 3 is 2.66 bits per heavy atom. The molecule has 7 heteroatoms. The third-order valence-corrected chi connectivity index (χ3v) is 6.50. The summed E-state index contributed by atoms with van der Waals surface area (Å²) in [5.74, 6) is 1.86. The predicted octanol–water partition coefficient (Wildman–Crippen LogP) is 4.86. The van der Waals surface area contributed by atoms with Gasteiger partial charge < -0.3 is 15.1 Å². The number of pyridine rings is 1. The largest absolute Gasteiger partial charge is 0.370 e. The molecule has 5 rings (SSSR count). The maximum absolute atomic E-state index is 15.8. The lowest BCUT2D eigenvalue weighted by atomic mass is 9.92. The fourth-order valence-corrected chi connectivity index (χ4v) is 4.67. The van der Waals surface area contributed by atoms with E-state index in [2.05, 4.69) is 46.2 Å². The average molecular weight is 433 g/mol. The molecular formula is C25H29FN6. The molecule has 1 N–H and O–H groups in total. The summed E-state index contributed by atoms with van der Waals surface area (Å²) in [6.45, 7) is 6.60. The maximum atomic E-state index is 15.8. The van der Waals surface area contributed by atoms with E-state index in [-0.39, 0.29) is 0 Å². The molecule has 0 aliphatic carbocycles. The van der Waals surface area contributed by atoms with Crippen molar-refractivity contribution in [3.63, 3.8) is 0 Å². The number of halogens is 1. The lowest BCUT2D eigenvalue weighted by Gasteiger charge is -2.39. The summed E-state index contributed by atoms with van der Waals surface area (Å²) in [7, 11) is 0. The van der Waals surface area contributed by atoms with Gasteiger partial charge in [0.05, 0.1) is 37.0 Å². The minimum absolute atomic E-state index is 0.330. The Balaban J connectivity index is 1.33. The van der Waals surface area contributed by atoms with E-state index in [0.29, 0.717) is 50.9 Å². The molecule has 3 aromatic rings. The van der Waals surface area contributed by atoms with E-state index in [1.165, 1.54) is 5.56 Å². The summed E-state index contributed by atoms with van der Waals surface area (Å²) < 4.78 is 15.8. The standard InChI is InChI=1S/C25H29FN6/c1-18(2)20-7-3-4-8-21(20)23-28-15-22-24(30-23)32(17-29-22)16-25(26)9-12-31(13-10-25)19-6-5-11-27-14-19/h3-8,11,14-15,18,29H,9-10,12-13,16-17H2,1-2H3. The first-order valence-corrected chi connectivity index (χ1v) is 11.3. The lowest BCUT2D eigenvalue weighted by Crippen LogP contribution is -2.48. The fourth-order valence-electron chi connectivity index (χ4n) is 4.67. The Bertz CT molecular complexity index is 1080. The SMILES string of the molecule is CC(C)c1ccccc1-c1ncc2c(n1)N(CC1(F)CCN(c3cccnc3)CC1)CN2. The van der Waals surface area contributed by atoms with E-state index in [9.17, 15) is 0 Å². The molecule has 1 saturated heterocycles. The second-order valence-corrected chi connectivity index (χ2v) is 9.05. The van der Waals surface area contributed by atoms with E-state index in [1.54, 1.807) is 6.20 Å². The summed E-state index contributed by atoms with van der Waals surface area (Å²) in [5, 5.41) is 3.32. The molecule has 0 atom stereocenters. The van der Waals surface area contributed by atoms with Crippen LogP contribution in [-0.2, 0) is 0 Å². The molecule has 32 heavy (non-hydrogen) atoms. The Hall–Kier alpha value is -3.22. The third-order valence-electron chi connectivity index (χ3n) is 6.50. The van der Waals surface area contributed by atoms with Gasteiger partial charge in [0.1, 0.15) is 5.67 Å². The van der Waals surface area contributed by atoms with E-state index in [1.807, 2.05) is 41.6 Å². The summed E-state index contributed by atoms with van der Waals surface area (Å²) in [5.41, 5.74) is 2.94. The van der Waals surface area contributed by atoms with Gasteiger partial charge in [0, 0.05) is 37.7 Å². The van der Waals surface area contributed by atoms with Crippen molar-refractivity contribution in [1.82, 2.24) is 15.0 Å². The highest BCUT2D eigenvalue weighted by Crippen LogP contribution is 2.36. The molecule has 4 heterocycles. The van der Waals surface area contributed by atoms with Gasteiger partial charge in [0.15, 0.2) is 11.6 Å². The second-order valence-electron chi connectivity index (χ2n) is 9.05. The first-order chi connectivity index (χ1) is 15.5. The molecule has 0 bridgehead atoms. The Morgan fingerprint density at radius 2 is 1.91 bits per heavy atom. The van der Waals surface area contributed by atoms with Gasteiger partial charge in [-0.3, -0.25) is 4.98 Å². The molecule has 0 spiro atoms. The first-order valence-electron chi connectivity index (χ1n) is 11.3. The Morgan fingerprint density at radius 1 is 1.09 bits per heavy atom. The van der Waals surface area contributed by atoms with Gasteiger partial charge in [-0.05, 0) is 23.6 Å². The van der Waals surface area contributed by atoms with Crippen LogP contribution in [0.25, 0.3) is 11.4 Å². The van der Waals surface area contributed by atoms with Crippen LogP contribution in [-0.4, -0.2) is 46.9 Å². The summed E-state index contributed by atoms with van der Waals surface area (Å²) >= 11 is 0. The Labute approximate surface area is 188 Å². The number of fused-ring (bicyclic) bond motifs is 1. The average Bonchev–Trinajstić information content (AvgIpc) is 3.21. The van der Waals surface area contributed by atoms with Crippen LogP contribution in [0.5, 0.6) is 0 Å². The fraction of sp³-hybridized carbons (Fsp3) is 0.400. The minimum Gasteiger partial charge on any atom is -0.370 e. The molecule has 166 valence electrons. The van der Waals surface area contributed by atoms with Crippen LogP contribution < -0.4 is 15.1 Å². The Kier molecular flexibility index (Phi) is 5.41. The van der Waals surface area contributed by atoms with Gasteiger partial charge >= 0.3 is 0 Å². The highest BCUT2D eigenvalue weighted by atomic mass is 19.1. The van der Waals surface area contributed by atoms with Crippen LogP contribution in [0.3, 0.4) is 0 Å². The molecule has 2 aliphatic heterocycles. The topological polar surface area (TPSA) is 57.2 Å². The molecule has 2 aliphatic rings. The van der Waals surface area contributed by atoms with Gasteiger partial charge in [0.2, 0.25) is 0 Å².